The predicted octanol–water partition coefficient (Wildman–Crippen LogP) is 4.27. The van der Waals surface area contributed by atoms with Crippen molar-refractivity contribution in [3.05, 3.63) is 60.8 Å². The highest BCUT2D eigenvalue weighted by molar-refractivity contribution is 5.53. The number of rotatable bonds is 3. The number of nitrogens with zero attached hydrogens (tertiary/aromatic N) is 6. The normalized spacial score (nSPS) is 11.8. The Morgan fingerprint density at radius 1 is 1.12 bits per heavy atom. The number of hydrogen-bond donors (Lipinski definition) is 0. The minimum absolute atomic E-state index is 0.114. The van der Waals surface area contributed by atoms with Crippen LogP contribution in [0.3, 0.4) is 0 Å². The van der Waals surface area contributed by atoms with Gasteiger partial charge >= 0.3 is 0 Å². The summed E-state index contributed by atoms with van der Waals surface area (Å²) in [7, 11) is 0. The van der Waals surface area contributed by atoms with Gasteiger partial charge < -0.3 is 4.40 Å². The fourth-order valence-electron chi connectivity index (χ4n) is 2.69. The second-order valence-electron chi connectivity index (χ2n) is 7.34. The van der Waals surface area contributed by atoms with Crippen LogP contribution in [0.4, 0.5) is 0 Å². The molecular formula is C20H26N6. The summed E-state index contributed by atoms with van der Waals surface area (Å²) in [5.41, 5.74) is 4.35. The van der Waals surface area contributed by atoms with E-state index < -0.39 is 0 Å². The van der Waals surface area contributed by atoms with E-state index in [1.807, 2.05) is 33.6 Å². The molecule has 0 spiro atoms. The van der Waals surface area contributed by atoms with E-state index in [1.165, 1.54) is 0 Å². The molecule has 0 atom stereocenters. The maximum Gasteiger partial charge on any atom is 0.155 e. The lowest BCUT2D eigenvalue weighted by molar-refractivity contribution is 0.490. The third-order valence-electron chi connectivity index (χ3n) is 4.75. The van der Waals surface area contributed by atoms with Gasteiger partial charge in [0.15, 0.2) is 5.65 Å². The number of fused-ring (bicyclic) bond motifs is 2. The van der Waals surface area contributed by atoms with Crippen molar-refractivity contribution in [3.63, 3.8) is 0 Å². The van der Waals surface area contributed by atoms with Gasteiger partial charge in [-0.25, -0.2) is 14.5 Å². The minimum atomic E-state index is 0.114. The zero-order valence-electron chi connectivity index (χ0n) is 16.1. The van der Waals surface area contributed by atoms with Crippen LogP contribution in [0.25, 0.3) is 11.2 Å². The van der Waals surface area contributed by atoms with Crippen LogP contribution < -0.4 is 0 Å². The van der Waals surface area contributed by atoms with E-state index in [0.29, 0.717) is 5.92 Å². The van der Waals surface area contributed by atoms with E-state index in [0.717, 1.165) is 29.0 Å². The largest absolute Gasteiger partial charge is 0.304 e. The highest BCUT2D eigenvalue weighted by Crippen LogP contribution is 2.27. The molecule has 0 bridgehead atoms. The van der Waals surface area contributed by atoms with Gasteiger partial charge in [-0.1, -0.05) is 34.6 Å². The lowest BCUT2D eigenvalue weighted by atomic mass is 9.86. The molecule has 0 unspecified atom stereocenters. The standard InChI is InChI=1S/C11H15N3.C9H11N3/c1-4-11(2,3)10-9-6-5-7-14(9)13-8-12-10;1-7(2)8-6-12-4-3-10-9(12)5-11-8/h5-8H,4H2,1-3H3;3-7H,1-2H3. The van der Waals surface area contributed by atoms with Crippen LogP contribution in [0.15, 0.2) is 49.4 Å². The van der Waals surface area contributed by atoms with Crippen LogP contribution >= 0.6 is 0 Å². The summed E-state index contributed by atoms with van der Waals surface area (Å²) in [6.07, 6.45) is 12.2. The number of imidazole rings is 1. The molecule has 6 nitrogen and oxygen atoms in total. The van der Waals surface area contributed by atoms with Crippen LogP contribution in [0.5, 0.6) is 0 Å². The summed E-state index contributed by atoms with van der Waals surface area (Å²) >= 11 is 0. The molecule has 0 radical (unpaired) electrons. The second kappa shape index (κ2) is 7.23. The zero-order valence-corrected chi connectivity index (χ0v) is 16.1. The van der Waals surface area contributed by atoms with Crippen molar-refractivity contribution >= 4 is 11.2 Å². The van der Waals surface area contributed by atoms with E-state index in [4.69, 9.17) is 0 Å². The maximum atomic E-state index is 4.39. The van der Waals surface area contributed by atoms with E-state index >= 15 is 0 Å². The molecule has 0 fully saturated rings. The first-order valence-corrected chi connectivity index (χ1v) is 9.00. The van der Waals surface area contributed by atoms with Crippen LogP contribution in [0, 0.1) is 0 Å². The molecule has 0 aliphatic heterocycles. The van der Waals surface area contributed by atoms with Crippen molar-refractivity contribution in [1.29, 1.82) is 0 Å². The van der Waals surface area contributed by atoms with Crippen molar-refractivity contribution in [1.82, 2.24) is 29.0 Å². The third-order valence-corrected chi connectivity index (χ3v) is 4.75. The Morgan fingerprint density at radius 2 is 1.92 bits per heavy atom. The van der Waals surface area contributed by atoms with Gasteiger partial charge in [-0.05, 0) is 24.5 Å². The van der Waals surface area contributed by atoms with Crippen LogP contribution in [-0.4, -0.2) is 29.0 Å². The maximum absolute atomic E-state index is 4.39. The average Bonchev–Trinajstić information content (AvgIpc) is 3.29. The van der Waals surface area contributed by atoms with Crippen molar-refractivity contribution in [2.24, 2.45) is 0 Å². The van der Waals surface area contributed by atoms with Crippen LogP contribution in [0.2, 0.25) is 0 Å². The topological polar surface area (TPSA) is 60.4 Å². The van der Waals surface area contributed by atoms with Gasteiger partial charge in [0.1, 0.15) is 6.33 Å². The lowest BCUT2D eigenvalue weighted by Gasteiger charge is -2.22. The van der Waals surface area contributed by atoms with Gasteiger partial charge in [0.2, 0.25) is 0 Å². The average molecular weight is 350 g/mol. The van der Waals surface area contributed by atoms with Gasteiger partial charge in [0.25, 0.3) is 0 Å². The first kappa shape index (κ1) is 18.0. The Morgan fingerprint density at radius 3 is 2.65 bits per heavy atom. The zero-order chi connectivity index (χ0) is 18.7. The van der Waals surface area contributed by atoms with Crippen LogP contribution in [0.1, 0.15) is 58.3 Å². The van der Waals surface area contributed by atoms with Crippen molar-refractivity contribution in [3.8, 4) is 0 Å². The van der Waals surface area contributed by atoms with Gasteiger partial charge in [0, 0.05) is 30.2 Å². The molecule has 0 aliphatic carbocycles. The molecule has 0 N–H and O–H groups in total. The van der Waals surface area contributed by atoms with E-state index in [9.17, 15) is 0 Å². The Labute approximate surface area is 153 Å². The molecule has 0 saturated carbocycles. The molecule has 26 heavy (non-hydrogen) atoms. The minimum Gasteiger partial charge on any atom is -0.304 e. The molecule has 0 saturated heterocycles. The molecule has 136 valence electrons. The quantitative estimate of drug-likeness (QED) is 0.553. The van der Waals surface area contributed by atoms with Crippen LogP contribution in [-0.2, 0) is 5.41 Å². The summed E-state index contributed by atoms with van der Waals surface area (Å²) in [6.45, 7) is 10.9. The molecule has 4 aromatic rings. The first-order valence-electron chi connectivity index (χ1n) is 9.00. The van der Waals surface area contributed by atoms with Crippen molar-refractivity contribution in [2.75, 3.05) is 0 Å². The van der Waals surface area contributed by atoms with Crippen molar-refractivity contribution in [2.45, 2.75) is 52.4 Å². The van der Waals surface area contributed by atoms with Gasteiger partial charge in [-0.2, -0.15) is 5.10 Å². The fourth-order valence-corrected chi connectivity index (χ4v) is 2.69. The molecule has 4 heterocycles. The molecular weight excluding hydrogens is 324 g/mol. The molecule has 4 rings (SSSR count). The molecule has 0 aromatic carbocycles. The fraction of sp³-hybridized carbons (Fsp3) is 0.400. The summed E-state index contributed by atoms with van der Waals surface area (Å²) in [4.78, 5) is 12.8. The van der Waals surface area contributed by atoms with Gasteiger partial charge in [-0.15, -0.1) is 0 Å². The van der Waals surface area contributed by atoms with Gasteiger partial charge in [0.05, 0.1) is 23.1 Å². The van der Waals surface area contributed by atoms with Gasteiger partial charge in [-0.3, -0.25) is 4.98 Å². The molecule has 0 aliphatic rings. The second-order valence-corrected chi connectivity index (χ2v) is 7.34. The van der Waals surface area contributed by atoms with Crippen molar-refractivity contribution < 1.29 is 0 Å². The first-order chi connectivity index (χ1) is 12.4. The Balaban J connectivity index is 0.000000152. The number of aromatic nitrogens is 6. The Kier molecular flexibility index (Phi) is 5.02. The third kappa shape index (κ3) is 3.59. The van der Waals surface area contributed by atoms with E-state index in [2.05, 4.69) is 60.7 Å². The summed E-state index contributed by atoms with van der Waals surface area (Å²) < 4.78 is 3.86. The highest BCUT2D eigenvalue weighted by atomic mass is 15.2. The predicted molar refractivity (Wildman–Crippen MR) is 103 cm³/mol. The lowest BCUT2D eigenvalue weighted by Crippen LogP contribution is -2.19. The summed E-state index contributed by atoms with van der Waals surface area (Å²) in [6, 6.07) is 4.06. The van der Waals surface area contributed by atoms with E-state index in [1.54, 1.807) is 18.7 Å². The Hall–Kier alpha value is -2.76. The SMILES string of the molecule is CC(C)c1cn2ccnc2cn1.CCC(C)(C)c1ncnn2cccc12. The highest BCUT2D eigenvalue weighted by Gasteiger charge is 2.22. The van der Waals surface area contributed by atoms with E-state index in [-0.39, 0.29) is 5.41 Å². The number of hydrogen-bond acceptors (Lipinski definition) is 4. The smallest absolute Gasteiger partial charge is 0.155 e. The molecule has 0 amide bonds. The molecule has 6 heteroatoms. The summed E-state index contributed by atoms with van der Waals surface area (Å²) in [5.74, 6) is 0.469. The Bertz CT molecular complexity index is 996. The molecule has 4 aromatic heterocycles. The summed E-state index contributed by atoms with van der Waals surface area (Å²) in [5, 5.41) is 4.16. The monoisotopic (exact) mass is 350 g/mol.